The number of amides is 1. The molecular formula is C18H22N2O2. The molecule has 4 nitrogen and oxygen atoms in total. The van der Waals surface area contributed by atoms with Gasteiger partial charge in [-0.15, -0.1) is 0 Å². The molecule has 1 unspecified atom stereocenters. The van der Waals surface area contributed by atoms with E-state index in [9.17, 15) is 4.79 Å². The number of likely N-dealkylation sites (tertiary alicyclic amines) is 1. The van der Waals surface area contributed by atoms with Crippen molar-refractivity contribution in [1.82, 2.24) is 4.90 Å². The molecule has 1 aliphatic heterocycles. The van der Waals surface area contributed by atoms with Gasteiger partial charge in [0.25, 0.3) is 5.91 Å². The number of rotatable bonds is 2. The van der Waals surface area contributed by atoms with Gasteiger partial charge in [-0.25, -0.2) is 0 Å². The molecule has 2 aromatic rings. The largest absolute Gasteiger partial charge is 0.459 e. The Kier molecular flexibility index (Phi) is 3.79. The first-order chi connectivity index (χ1) is 10.5. The van der Waals surface area contributed by atoms with Crippen molar-refractivity contribution in [2.24, 2.45) is 11.1 Å². The molecule has 1 aromatic carbocycles. The Labute approximate surface area is 130 Å². The molecule has 116 valence electrons. The molecule has 3 rings (SSSR count). The zero-order valence-electron chi connectivity index (χ0n) is 13.1. The lowest BCUT2D eigenvalue weighted by atomic mass is 9.79. The highest BCUT2D eigenvalue weighted by molar-refractivity contribution is 5.98. The standard InChI is InChI=1S/C18H22N2O2/c1-18(2)12-20(10-8-15(18)19)17(21)16-14(9-11-22-16)13-6-4-3-5-7-13/h3-7,9,11,15H,8,10,12,19H2,1-2H3. The van der Waals surface area contributed by atoms with Gasteiger partial charge in [0.15, 0.2) is 5.76 Å². The number of nitrogens with two attached hydrogens (primary N) is 1. The fourth-order valence-electron chi connectivity index (χ4n) is 3.01. The van der Waals surface area contributed by atoms with E-state index in [0.29, 0.717) is 18.8 Å². The fraction of sp³-hybridized carbons (Fsp3) is 0.389. The zero-order chi connectivity index (χ0) is 15.7. The molecule has 2 heterocycles. The third kappa shape index (κ3) is 2.66. The Hall–Kier alpha value is -2.07. The smallest absolute Gasteiger partial charge is 0.290 e. The van der Waals surface area contributed by atoms with E-state index in [1.54, 1.807) is 6.26 Å². The van der Waals surface area contributed by atoms with Gasteiger partial charge in [-0.1, -0.05) is 44.2 Å². The average Bonchev–Trinajstić information content (AvgIpc) is 2.99. The van der Waals surface area contributed by atoms with Crippen LogP contribution >= 0.6 is 0 Å². The van der Waals surface area contributed by atoms with Crippen LogP contribution in [0.5, 0.6) is 0 Å². The molecule has 0 radical (unpaired) electrons. The number of benzene rings is 1. The van der Waals surface area contributed by atoms with Crippen molar-refractivity contribution in [1.29, 1.82) is 0 Å². The topological polar surface area (TPSA) is 59.5 Å². The number of hydrogen-bond acceptors (Lipinski definition) is 3. The molecule has 0 aliphatic carbocycles. The van der Waals surface area contributed by atoms with E-state index >= 15 is 0 Å². The van der Waals surface area contributed by atoms with Gasteiger partial charge in [0.05, 0.1) is 6.26 Å². The average molecular weight is 298 g/mol. The van der Waals surface area contributed by atoms with Crippen molar-refractivity contribution in [2.45, 2.75) is 26.3 Å². The Morgan fingerprint density at radius 1 is 1.27 bits per heavy atom. The highest BCUT2D eigenvalue weighted by Crippen LogP contribution is 2.31. The first-order valence-electron chi connectivity index (χ1n) is 7.67. The van der Waals surface area contributed by atoms with Crippen LogP contribution in [0.4, 0.5) is 0 Å². The first kappa shape index (κ1) is 14.9. The Morgan fingerprint density at radius 2 is 2.00 bits per heavy atom. The second-order valence-corrected chi connectivity index (χ2v) is 6.64. The summed E-state index contributed by atoms with van der Waals surface area (Å²) in [5.74, 6) is 0.362. The van der Waals surface area contributed by atoms with Crippen molar-refractivity contribution in [2.75, 3.05) is 13.1 Å². The van der Waals surface area contributed by atoms with E-state index in [-0.39, 0.29) is 17.4 Å². The van der Waals surface area contributed by atoms with Gasteiger partial charge in [-0.3, -0.25) is 4.79 Å². The van der Waals surface area contributed by atoms with Crippen LogP contribution in [-0.4, -0.2) is 29.9 Å². The Morgan fingerprint density at radius 3 is 2.68 bits per heavy atom. The summed E-state index contributed by atoms with van der Waals surface area (Å²) < 4.78 is 5.51. The number of furan rings is 1. The van der Waals surface area contributed by atoms with Crippen molar-refractivity contribution in [3.63, 3.8) is 0 Å². The molecule has 4 heteroatoms. The predicted molar refractivity (Wildman–Crippen MR) is 86.4 cm³/mol. The highest BCUT2D eigenvalue weighted by Gasteiger charge is 2.36. The van der Waals surface area contributed by atoms with Gasteiger partial charge in [-0.2, -0.15) is 0 Å². The van der Waals surface area contributed by atoms with Gasteiger partial charge >= 0.3 is 0 Å². The predicted octanol–water partition coefficient (Wildman–Crippen LogP) is 3.15. The fourth-order valence-corrected chi connectivity index (χ4v) is 3.01. The molecule has 22 heavy (non-hydrogen) atoms. The lowest BCUT2D eigenvalue weighted by Gasteiger charge is -2.42. The second kappa shape index (κ2) is 5.61. The van der Waals surface area contributed by atoms with E-state index in [2.05, 4.69) is 13.8 Å². The summed E-state index contributed by atoms with van der Waals surface area (Å²) in [4.78, 5) is 14.7. The van der Waals surface area contributed by atoms with E-state index in [1.807, 2.05) is 41.3 Å². The zero-order valence-corrected chi connectivity index (χ0v) is 13.1. The SMILES string of the molecule is CC1(C)CN(C(=O)c2occc2-c2ccccc2)CCC1N. The van der Waals surface area contributed by atoms with Crippen molar-refractivity contribution < 1.29 is 9.21 Å². The molecular weight excluding hydrogens is 276 g/mol. The van der Waals surface area contributed by atoms with Gasteiger partial charge in [-0.05, 0) is 23.5 Å². The van der Waals surface area contributed by atoms with Crippen LogP contribution in [0.15, 0.2) is 47.1 Å². The van der Waals surface area contributed by atoms with Crippen LogP contribution in [0.2, 0.25) is 0 Å². The summed E-state index contributed by atoms with van der Waals surface area (Å²) in [5.41, 5.74) is 7.92. The molecule has 2 N–H and O–H groups in total. The summed E-state index contributed by atoms with van der Waals surface area (Å²) in [6.07, 6.45) is 2.40. The molecule has 0 spiro atoms. The van der Waals surface area contributed by atoms with Crippen LogP contribution in [0.3, 0.4) is 0 Å². The normalized spacial score (nSPS) is 20.9. The van der Waals surface area contributed by atoms with Crippen LogP contribution < -0.4 is 5.73 Å². The second-order valence-electron chi connectivity index (χ2n) is 6.64. The quantitative estimate of drug-likeness (QED) is 0.926. The summed E-state index contributed by atoms with van der Waals surface area (Å²) >= 11 is 0. The van der Waals surface area contributed by atoms with Crippen molar-refractivity contribution >= 4 is 5.91 Å². The summed E-state index contributed by atoms with van der Waals surface area (Å²) in [6, 6.07) is 11.8. The number of carbonyl (C=O) groups excluding carboxylic acids is 1. The maximum Gasteiger partial charge on any atom is 0.290 e. The molecule has 1 amide bonds. The van der Waals surface area contributed by atoms with Crippen molar-refractivity contribution in [3.8, 4) is 11.1 Å². The summed E-state index contributed by atoms with van der Waals surface area (Å²) in [6.45, 7) is 5.55. The first-order valence-corrected chi connectivity index (χ1v) is 7.67. The molecule has 1 aliphatic rings. The highest BCUT2D eigenvalue weighted by atomic mass is 16.3. The van der Waals surface area contributed by atoms with Crippen LogP contribution in [0, 0.1) is 5.41 Å². The lowest BCUT2D eigenvalue weighted by Crippen LogP contribution is -2.54. The third-order valence-corrected chi connectivity index (χ3v) is 4.54. The maximum absolute atomic E-state index is 12.8. The van der Waals surface area contributed by atoms with Gasteiger partial charge in [0.2, 0.25) is 0 Å². The number of hydrogen-bond donors (Lipinski definition) is 1. The van der Waals surface area contributed by atoms with Crippen LogP contribution in [0.25, 0.3) is 11.1 Å². The monoisotopic (exact) mass is 298 g/mol. The minimum absolute atomic E-state index is 0.0520. The van der Waals surface area contributed by atoms with Gasteiger partial charge in [0, 0.05) is 24.7 Å². The number of carbonyl (C=O) groups is 1. The Balaban J connectivity index is 1.87. The molecule has 0 bridgehead atoms. The summed E-state index contributed by atoms with van der Waals surface area (Å²) in [5, 5.41) is 0. The van der Waals surface area contributed by atoms with E-state index < -0.39 is 0 Å². The van der Waals surface area contributed by atoms with E-state index in [1.165, 1.54) is 0 Å². The lowest BCUT2D eigenvalue weighted by molar-refractivity contribution is 0.0504. The molecule has 1 saturated heterocycles. The van der Waals surface area contributed by atoms with E-state index in [4.69, 9.17) is 10.2 Å². The van der Waals surface area contributed by atoms with Gasteiger partial charge < -0.3 is 15.1 Å². The van der Waals surface area contributed by atoms with Crippen molar-refractivity contribution in [3.05, 3.63) is 48.4 Å². The Bertz CT molecular complexity index is 661. The van der Waals surface area contributed by atoms with Crippen LogP contribution in [-0.2, 0) is 0 Å². The molecule has 0 saturated carbocycles. The van der Waals surface area contributed by atoms with Crippen LogP contribution in [0.1, 0.15) is 30.8 Å². The minimum Gasteiger partial charge on any atom is -0.459 e. The molecule has 1 atom stereocenters. The third-order valence-electron chi connectivity index (χ3n) is 4.54. The van der Waals surface area contributed by atoms with E-state index in [0.717, 1.165) is 17.5 Å². The maximum atomic E-state index is 12.8. The molecule has 1 fully saturated rings. The summed E-state index contributed by atoms with van der Waals surface area (Å²) in [7, 11) is 0. The molecule has 1 aromatic heterocycles. The van der Waals surface area contributed by atoms with Gasteiger partial charge in [0.1, 0.15) is 0 Å². The number of piperidine rings is 1. The number of nitrogens with zero attached hydrogens (tertiary/aromatic N) is 1. The minimum atomic E-state index is -0.0760.